The summed E-state index contributed by atoms with van der Waals surface area (Å²) >= 11 is 0. The monoisotopic (exact) mass is 375 g/mol. The Hall–Kier alpha value is -2.22. The molecule has 1 amide bonds. The molecule has 0 aliphatic heterocycles. The minimum atomic E-state index is -3.56. The fourth-order valence-electron chi connectivity index (χ4n) is 2.40. The van der Waals surface area contributed by atoms with Crippen LogP contribution in [0.2, 0.25) is 0 Å². The van der Waals surface area contributed by atoms with Crippen LogP contribution in [-0.4, -0.2) is 26.9 Å². The number of carbonyl (C=O) groups excluding carboxylic acids is 1. The lowest BCUT2D eigenvalue weighted by atomic mass is 10.1. The number of rotatable bonds is 8. The third-order valence-electron chi connectivity index (χ3n) is 3.58. The van der Waals surface area contributed by atoms with Crippen molar-refractivity contribution in [2.24, 2.45) is 0 Å². The third kappa shape index (κ3) is 5.66. The molecule has 0 aliphatic carbocycles. The Morgan fingerprint density at radius 1 is 1.08 bits per heavy atom. The normalized spacial score (nSPS) is 11.5. The van der Waals surface area contributed by atoms with Crippen molar-refractivity contribution in [3.8, 4) is 0 Å². The van der Waals surface area contributed by atoms with Crippen molar-refractivity contribution in [2.45, 2.75) is 38.3 Å². The predicted molar refractivity (Wildman–Crippen MR) is 104 cm³/mol. The van der Waals surface area contributed by atoms with Crippen molar-refractivity contribution in [3.05, 3.63) is 59.7 Å². The molecule has 0 saturated heterocycles. The Balaban J connectivity index is 2.09. The molecule has 0 aliphatic rings. The Morgan fingerprint density at radius 2 is 1.77 bits per heavy atom. The standard InChI is InChI=1S/C19H25N3O3S/c1-4-20-13-15-6-5-7-17(12-15)21-19(23)16-8-10-18(11-9-16)26(24,25)22-14(2)3/h5-12,14,20,22H,4,13H2,1-3H3,(H,21,23). The van der Waals surface area contributed by atoms with Gasteiger partial charge in [0.2, 0.25) is 10.0 Å². The van der Waals surface area contributed by atoms with Gasteiger partial charge in [-0.25, -0.2) is 13.1 Å². The zero-order valence-corrected chi connectivity index (χ0v) is 16.1. The number of amides is 1. The maximum Gasteiger partial charge on any atom is 0.255 e. The highest BCUT2D eigenvalue weighted by atomic mass is 32.2. The van der Waals surface area contributed by atoms with Crippen molar-refractivity contribution in [2.75, 3.05) is 11.9 Å². The molecular formula is C19H25N3O3S. The summed E-state index contributed by atoms with van der Waals surface area (Å²) in [6, 6.07) is 13.3. The molecule has 0 saturated carbocycles. The highest BCUT2D eigenvalue weighted by molar-refractivity contribution is 7.89. The Bertz CT molecular complexity index is 847. The van der Waals surface area contributed by atoms with Gasteiger partial charge in [-0.2, -0.15) is 0 Å². The number of nitrogens with one attached hydrogen (secondary N) is 3. The van der Waals surface area contributed by atoms with Crippen molar-refractivity contribution >= 4 is 21.6 Å². The molecule has 0 bridgehead atoms. The summed E-state index contributed by atoms with van der Waals surface area (Å²) in [5.74, 6) is -0.286. The van der Waals surface area contributed by atoms with Gasteiger partial charge in [-0.15, -0.1) is 0 Å². The molecule has 0 fully saturated rings. The first kappa shape index (κ1) is 20.1. The van der Waals surface area contributed by atoms with Crippen LogP contribution in [0.1, 0.15) is 36.7 Å². The van der Waals surface area contributed by atoms with E-state index in [4.69, 9.17) is 0 Å². The summed E-state index contributed by atoms with van der Waals surface area (Å²) in [6.07, 6.45) is 0. The van der Waals surface area contributed by atoms with Crippen LogP contribution in [-0.2, 0) is 16.6 Å². The van der Waals surface area contributed by atoms with Gasteiger partial charge in [0.1, 0.15) is 0 Å². The molecule has 140 valence electrons. The number of sulfonamides is 1. The minimum absolute atomic E-state index is 0.135. The van der Waals surface area contributed by atoms with E-state index in [0.29, 0.717) is 11.3 Å². The zero-order valence-electron chi connectivity index (χ0n) is 15.2. The van der Waals surface area contributed by atoms with Crippen LogP contribution >= 0.6 is 0 Å². The van der Waals surface area contributed by atoms with Crippen LogP contribution in [0, 0.1) is 0 Å². The van der Waals surface area contributed by atoms with Gasteiger partial charge in [-0.1, -0.05) is 19.1 Å². The average molecular weight is 375 g/mol. The maximum atomic E-state index is 12.4. The van der Waals surface area contributed by atoms with Crippen LogP contribution in [0.3, 0.4) is 0 Å². The van der Waals surface area contributed by atoms with Crippen LogP contribution in [0.25, 0.3) is 0 Å². The van der Waals surface area contributed by atoms with Crippen molar-refractivity contribution in [1.29, 1.82) is 0 Å². The molecule has 0 unspecified atom stereocenters. The van der Waals surface area contributed by atoms with Gasteiger partial charge in [0.05, 0.1) is 4.90 Å². The lowest BCUT2D eigenvalue weighted by Crippen LogP contribution is -2.30. The molecular weight excluding hydrogens is 350 g/mol. The maximum absolute atomic E-state index is 12.4. The van der Waals surface area contributed by atoms with Crippen molar-refractivity contribution in [1.82, 2.24) is 10.0 Å². The second-order valence-electron chi connectivity index (χ2n) is 6.24. The van der Waals surface area contributed by atoms with Gasteiger partial charge in [-0.05, 0) is 62.4 Å². The van der Waals surface area contributed by atoms with E-state index in [1.807, 2.05) is 31.2 Å². The summed E-state index contributed by atoms with van der Waals surface area (Å²) in [6.45, 7) is 7.15. The molecule has 0 atom stereocenters. The number of hydrogen-bond acceptors (Lipinski definition) is 4. The molecule has 2 aromatic carbocycles. The first-order valence-electron chi connectivity index (χ1n) is 8.55. The first-order valence-corrected chi connectivity index (χ1v) is 10.0. The smallest absolute Gasteiger partial charge is 0.255 e. The summed E-state index contributed by atoms with van der Waals surface area (Å²) in [5, 5.41) is 6.07. The lowest BCUT2D eigenvalue weighted by Gasteiger charge is -2.11. The van der Waals surface area contributed by atoms with Gasteiger partial charge in [0.25, 0.3) is 5.91 Å². The summed E-state index contributed by atoms with van der Waals surface area (Å²) in [5.41, 5.74) is 2.17. The van der Waals surface area contributed by atoms with Gasteiger partial charge < -0.3 is 10.6 Å². The largest absolute Gasteiger partial charge is 0.322 e. The van der Waals surface area contributed by atoms with Crippen LogP contribution in [0.5, 0.6) is 0 Å². The second-order valence-corrected chi connectivity index (χ2v) is 7.95. The van der Waals surface area contributed by atoms with E-state index in [2.05, 4.69) is 15.4 Å². The van der Waals surface area contributed by atoms with E-state index >= 15 is 0 Å². The molecule has 6 nitrogen and oxygen atoms in total. The average Bonchev–Trinajstić information content (AvgIpc) is 2.59. The number of carbonyl (C=O) groups is 1. The van der Waals surface area contributed by atoms with E-state index in [0.717, 1.165) is 18.7 Å². The Labute approximate surface area is 155 Å². The molecule has 2 aromatic rings. The van der Waals surface area contributed by atoms with Crippen LogP contribution in [0.15, 0.2) is 53.4 Å². The van der Waals surface area contributed by atoms with E-state index in [9.17, 15) is 13.2 Å². The van der Waals surface area contributed by atoms with Gasteiger partial charge in [0, 0.05) is 23.8 Å². The highest BCUT2D eigenvalue weighted by Gasteiger charge is 2.16. The fraction of sp³-hybridized carbons (Fsp3) is 0.316. The predicted octanol–water partition coefficient (Wildman–Crippen LogP) is 2.74. The molecule has 7 heteroatoms. The first-order chi connectivity index (χ1) is 12.3. The number of anilines is 1. The summed E-state index contributed by atoms with van der Waals surface area (Å²) < 4.78 is 26.8. The molecule has 0 heterocycles. The third-order valence-corrected chi connectivity index (χ3v) is 5.26. The van der Waals surface area contributed by atoms with Crippen LogP contribution < -0.4 is 15.4 Å². The highest BCUT2D eigenvalue weighted by Crippen LogP contribution is 2.15. The van der Waals surface area contributed by atoms with E-state index in [1.165, 1.54) is 24.3 Å². The van der Waals surface area contributed by atoms with E-state index in [-0.39, 0.29) is 16.8 Å². The zero-order chi connectivity index (χ0) is 19.2. The topological polar surface area (TPSA) is 87.3 Å². The van der Waals surface area contributed by atoms with Gasteiger partial charge in [0.15, 0.2) is 0 Å². The number of benzene rings is 2. The van der Waals surface area contributed by atoms with Crippen molar-refractivity contribution < 1.29 is 13.2 Å². The molecule has 26 heavy (non-hydrogen) atoms. The fourth-order valence-corrected chi connectivity index (χ4v) is 3.65. The molecule has 2 rings (SSSR count). The number of hydrogen-bond donors (Lipinski definition) is 3. The van der Waals surface area contributed by atoms with E-state index < -0.39 is 10.0 Å². The molecule has 0 radical (unpaired) electrons. The molecule has 3 N–H and O–H groups in total. The molecule has 0 aromatic heterocycles. The van der Waals surface area contributed by atoms with Gasteiger partial charge >= 0.3 is 0 Å². The summed E-state index contributed by atoms with van der Waals surface area (Å²) in [7, 11) is -3.56. The molecule has 0 spiro atoms. The second kappa shape index (κ2) is 8.93. The Kier molecular flexibility index (Phi) is 6.90. The van der Waals surface area contributed by atoms with Gasteiger partial charge in [-0.3, -0.25) is 4.79 Å². The quantitative estimate of drug-likeness (QED) is 0.662. The SMILES string of the molecule is CCNCc1cccc(NC(=O)c2ccc(S(=O)(=O)NC(C)C)cc2)c1. The van der Waals surface area contributed by atoms with Crippen LogP contribution in [0.4, 0.5) is 5.69 Å². The summed E-state index contributed by atoms with van der Waals surface area (Å²) in [4.78, 5) is 12.5. The Morgan fingerprint density at radius 3 is 2.38 bits per heavy atom. The minimum Gasteiger partial charge on any atom is -0.322 e. The lowest BCUT2D eigenvalue weighted by molar-refractivity contribution is 0.102. The van der Waals surface area contributed by atoms with Crippen molar-refractivity contribution in [3.63, 3.8) is 0 Å². The van der Waals surface area contributed by atoms with E-state index in [1.54, 1.807) is 13.8 Å².